The maximum Gasteiger partial charge on any atom is 0.271 e. The summed E-state index contributed by atoms with van der Waals surface area (Å²) < 4.78 is 26.0. The molecule has 0 radical (unpaired) electrons. The molecule has 2 aromatic carbocycles. The zero-order valence-corrected chi connectivity index (χ0v) is 21.2. The molecule has 34 heavy (non-hydrogen) atoms. The summed E-state index contributed by atoms with van der Waals surface area (Å²) in [6, 6.07) is 7.49. The molecule has 2 amide bonds. The molecule has 2 aromatic rings. The lowest BCUT2D eigenvalue weighted by Crippen LogP contribution is -2.50. The van der Waals surface area contributed by atoms with Crippen LogP contribution >= 0.6 is 23.2 Å². The van der Waals surface area contributed by atoms with Gasteiger partial charge in [0.25, 0.3) is 5.69 Å². The summed E-state index contributed by atoms with van der Waals surface area (Å²) in [6.07, 6.45) is 0.885. The minimum Gasteiger partial charge on any atom is -0.357 e. The van der Waals surface area contributed by atoms with Crippen LogP contribution in [0.5, 0.6) is 0 Å². The molecule has 184 valence electrons. The fourth-order valence-electron chi connectivity index (χ4n) is 3.22. The van der Waals surface area contributed by atoms with Crippen LogP contribution in [0, 0.1) is 17.0 Å². The Morgan fingerprint density at radius 2 is 1.76 bits per heavy atom. The third-order valence-electron chi connectivity index (χ3n) is 5.16. The lowest BCUT2D eigenvalue weighted by molar-refractivity contribution is -0.384. The Hall–Kier alpha value is -2.89. The van der Waals surface area contributed by atoms with E-state index >= 15 is 0 Å². The predicted molar refractivity (Wildman–Crippen MR) is 131 cm³/mol. The molecular formula is C21H24Cl2N4O6S. The van der Waals surface area contributed by atoms with Crippen LogP contribution in [0.25, 0.3) is 0 Å². The van der Waals surface area contributed by atoms with Crippen molar-refractivity contribution in [3.63, 3.8) is 0 Å². The molecule has 13 heteroatoms. The molecule has 1 unspecified atom stereocenters. The van der Waals surface area contributed by atoms with Crippen LogP contribution in [-0.2, 0) is 26.2 Å². The van der Waals surface area contributed by atoms with Gasteiger partial charge >= 0.3 is 0 Å². The normalized spacial score (nSPS) is 12.1. The van der Waals surface area contributed by atoms with Gasteiger partial charge in [-0.05, 0) is 31.5 Å². The van der Waals surface area contributed by atoms with Crippen molar-refractivity contribution >= 4 is 56.4 Å². The fourth-order valence-corrected chi connectivity index (χ4v) is 4.64. The van der Waals surface area contributed by atoms with Crippen molar-refractivity contribution in [3.8, 4) is 0 Å². The number of nitrogens with one attached hydrogen (secondary N) is 1. The lowest BCUT2D eigenvalue weighted by atomic mass is 10.1. The predicted octanol–water partition coefficient (Wildman–Crippen LogP) is 3.14. The zero-order chi connectivity index (χ0) is 25.8. The van der Waals surface area contributed by atoms with E-state index in [1.54, 1.807) is 25.1 Å². The van der Waals surface area contributed by atoms with Gasteiger partial charge in [-0.2, -0.15) is 0 Å². The Kier molecular flexibility index (Phi) is 8.87. The summed E-state index contributed by atoms with van der Waals surface area (Å²) in [6.45, 7) is 2.17. The van der Waals surface area contributed by atoms with Gasteiger partial charge < -0.3 is 10.2 Å². The first-order valence-electron chi connectivity index (χ1n) is 9.94. The number of likely N-dealkylation sites (N-methyl/N-ethyl adjacent to an activating group) is 1. The molecule has 0 heterocycles. The number of benzene rings is 2. The van der Waals surface area contributed by atoms with E-state index in [1.807, 2.05) is 0 Å². The number of aryl methyl sites for hydroxylation is 1. The number of hydrogen-bond donors (Lipinski definition) is 1. The van der Waals surface area contributed by atoms with E-state index in [0.717, 1.165) is 21.5 Å². The summed E-state index contributed by atoms with van der Waals surface area (Å²) in [5.41, 5.74) is 0.435. The first kappa shape index (κ1) is 27.4. The van der Waals surface area contributed by atoms with Crippen LogP contribution in [0.3, 0.4) is 0 Å². The number of nitrogens with zero attached hydrogens (tertiary/aromatic N) is 3. The van der Waals surface area contributed by atoms with E-state index in [-0.39, 0.29) is 28.0 Å². The van der Waals surface area contributed by atoms with Gasteiger partial charge in [-0.1, -0.05) is 35.3 Å². The molecule has 0 aromatic heterocycles. The van der Waals surface area contributed by atoms with Crippen molar-refractivity contribution in [3.05, 3.63) is 67.7 Å². The average molecular weight is 531 g/mol. The maximum atomic E-state index is 13.4. The Morgan fingerprint density at radius 3 is 2.26 bits per heavy atom. The Morgan fingerprint density at radius 1 is 1.18 bits per heavy atom. The van der Waals surface area contributed by atoms with Gasteiger partial charge in [-0.25, -0.2) is 8.42 Å². The van der Waals surface area contributed by atoms with Gasteiger partial charge in [0.05, 0.1) is 16.9 Å². The number of amides is 2. The Bertz CT molecular complexity index is 1200. The van der Waals surface area contributed by atoms with E-state index in [9.17, 15) is 28.1 Å². The summed E-state index contributed by atoms with van der Waals surface area (Å²) in [5, 5.41) is 14.2. The third kappa shape index (κ3) is 6.37. The molecule has 0 bridgehead atoms. The van der Waals surface area contributed by atoms with Crippen molar-refractivity contribution in [1.82, 2.24) is 10.2 Å². The molecule has 1 atom stereocenters. The summed E-state index contributed by atoms with van der Waals surface area (Å²) >= 11 is 12.5. The monoisotopic (exact) mass is 530 g/mol. The Balaban J connectivity index is 2.53. The zero-order valence-electron chi connectivity index (χ0n) is 18.9. The highest BCUT2D eigenvalue weighted by atomic mass is 35.5. The first-order chi connectivity index (χ1) is 15.8. The minimum absolute atomic E-state index is 0.0200. The van der Waals surface area contributed by atoms with Gasteiger partial charge in [0.2, 0.25) is 21.8 Å². The molecule has 0 fully saturated rings. The van der Waals surface area contributed by atoms with Crippen molar-refractivity contribution in [2.75, 3.05) is 24.2 Å². The number of hydrogen-bond acceptors (Lipinski definition) is 6. The van der Waals surface area contributed by atoms with E-state index in [0.29, 0.717) is 11.1 Å². The SMILES string of the molecule is CNC(=O)C(C)N(Cc1c(Cl)cccc1Cl)C(=O)CN(c1cc([N+](=O)[O-])ccc1C)S(C)(=O)=O. The highest BCUT2D eigenvalue weighted by Gasteiger charge is 2.31. The maximum absolute atomic E-state index is 13.4. The number of non-ortho nitro benzene ring substituents is 1. The van der Waals surface area contributed by atoms with Crippen molar-refractivity contribution in [1.29, 1.82) is 0 Å². The van der Waals surface area contributed by atoms with Crippen LogP contribution in [0.4, 0.5) is 11.4 Å². The molecule has 0 aliphatic carbocycles. The number of carbonyl (C=O) groups is 2. The van der Waals surface area contributed by atoms with Gasteiger partial charge in [0.1, 0.15) is 12.6 Å². The molecule has 1 N–H and O–H groups in total. The highest BCUT2D eigenvalue weighted by molar-refractivity contribution is 7.92. The number of anilines is 1. The number of halogens is 2. The van der Waals surface area contributed by atoms with E-state index in [2.05, 4.69) is 5.32 Å². The van der Waals surface area contributed by atoms with Crippen LogP contribution < -0.4 is 9.62 Å². The van der Waals surface area contributed by atoms with Crippen molar-refractivity contribution in [2.24, 2.45) is 0 Å². The summed E-state index contributed by atoms with van der Waals surface area (Å²) in [7, 11) is -2.64. The topological polar surface area (TPSA) is 130 Å². The van der Waals surface area contributed by atoms with Crippen LogP contribution in [-0.4, -0.2) is 55.9 Å². The van der Waals surface area contributed by atoms with Gasteiger partial charge in [0, 0.05) is 41.3 Å². The first-order valence-corrected chi connectivity index (χ1v) is 12.5. The number of nitro benzene ring substituents is 1. The average Bonchev–Trinajstić information content (AvgIpc) is 2.75. The van der Waals surface area contributed by atoms with Gasteiger partial charge in [0.15, 0.2) is 0 Å². The summed E-state index contributed by atoms with van der Waals surface area (Å²) in [5.74, 6) is -1.22. The second-order valence-corrected chi connectivity index (χ2v) is 10.2. The minimum atomic E-state index is -4.04. The lowest BCUT2D eigenvalue weighted by Gasteiger charge is -2.32. The molecule has 10 nitrogen and oxygen atoms in total. The van der Waals surface area contributed by atoms with E-state index in [1.165, 1.54) is 26.1 Å². The number of sulfonamides is 1. The largest absolute Gasteiger partial charge is 0.357 e. The van der Waals surface area contributed by atoms with Crippen molar-refractivity contribution in [2.45, 2.75) is 26.4 Å². The van der Waals surface area contributed by atoms with Crippen LogP contribution in [0.15, 0.2) is 36.4 Å². The molecule has 0 spiro atoms. The Labute approximate surface area is 207 Å². The molecule has 0 saturated heterocycles. The number of carbonyl (C=O) groups excluding carboxylic acids is 2. The molecule has 2 rings (SSSR count). The van der Waals surface area contributed by atoms with Crippen molar-refractivity contribution < 1.29 is 22.9 Å². The van der Waals surface area contributed by atoms with Gasteiger partial charge in [-0.15, -0.1) is 0 Å². The number of rotatable bonds is 9. The molecule has 0 aliphatic heterocycles. The quantitative estimate of drug-likeness (QED) is 0.391. The van der Waals surface area contributed by atoms with Gasteiger partial charge in [-0.3, -0.25) is 24.0 Å². The highest BCUT2D eigenvalue weighted by Crippen LogP contribution is 2.29. The van der Waals surface area contributed by atoms with E-state index < -0.39 is 39.3 Å². The smallest absolute Gasteiger partial charge is 0.271 e. The van der Waals surface area contributed by atoms with Crippen LogP contribution in [0.2, 0.25) is 10.0 Å². The molecular weight excluding hydrogens is 507 g/mol. The summed E-state index contributed by atoms with van der Waals surface area (Å²) in [4.78, 5) is 37.5. The standard InChI is InChI=1S/C21H24Cl2N4O6S/c1-13-8-9-15(27(30)31)10-19(13)26(34(4,32)33)12-20(28)25(14(2)21(29)24-3)11-16-17(22)6-5-7-18(16)23/h5-10,14H,11-12H2,1-4H3,(H,24,29). The molecule has 0 aliphatic rings. The fraction of sp³-hybridized carbons (Fsp3) is 0.333. The van der Waals surface area contributed by atoms with Crippen LogP contribution in [0.1, 0.15) is 18.1 Å². The third-order valence-corrected chi connectivity index (χ3v) is 6.99. The number of nitro groups is 1. The second kappa shape index (κ2) is 11.0. The second-order valence-electron chi connectivity index (χ2n) is 7.51. The molecule has 0 saturated carbocycles. The van der Waals surface area contributed by atoms with E-state index in [4.69, 9.17) is 23.2 Å².